The molecule has 12 heteroatoms. The van der Waals surface area contributed by atoms with Crippen LogP contribution in [0.3, 0.4) is 0 Å². The molecule has 5 aromatic heterocycles. The minimum absolute atomic E-state index is 0.0420. The number of H-pyrrole nitrogens is 2. The van der Waals surface area contributed by atoms with Gasteiger partial charge in [0.15, 0.2) is 11.5 Å². The number of carbonyl (C=O) groups excluding carboxylic acids is 1. The Morgan fingerprint density at radius 1 is 1.00 bits per heavy atom. The van der Waals surface area contributed by atoms with Gasteiger partial charge in [-0.05, 0) is 68.8 Å². The van der Waals surface area contributed by atoms with Crippen LogP contribution in [0.5, 0.6) is 5.75 Å². The summed E-state index contributed by atoms with van der Waals surface area (Å²) in [7, 11) is 0. The molecule has 0 atom stereocenters. The second kappa shape index (κ2) is 13.0. The maximum absolute atomic E-state index is 14.8. The maximum Gasteiger partial charge on any atom is 0.224 e. The summed E-state index contributed by atoms with van der Waals surface area (Å²) in [5, 5.41) is 10.5. The number of nitrogens with one attached hydrogen (secondary N) is 3. The van der Waals surface area contributed by atoms with E-state index in [0.717, 1.165) is 49.1 Å². The van der Waals surface area contributed by atoms with Crippen LogP contribution in [0.15, 0.2) is 61.1 Å². The third kappa shape index (κ3) is 6.29. The van der Waals surface area contributed by atoms with Crippen LogP contribution in [0.2, 0.25) is 0 Å². The zero-order valence-corrected chi connectivity index (χ0v) is 25.5. The Morgan fingerprint density at radius 2 is 1.87 bits per heavy atom. The van der Waals surface area contributed by atoms with Crippen LogP contribution in [0.1, 0.15) is 39.0 Å². The van der Waals surface area contributed by atoms with Crippen molar-refractivity contribution in [2.45, 2.75) is 39.0 Å². The Morgan fingerprint density at radius 3 is 2.74 bits per heavy atom. The molecule has 0 unspecified atom stereocenters. The summed E-state index contributed by atoms with van der Waals surface area (Å²) in [4.78, 5) is 36.6. The van der Waals surface area contributed by atoms with Crippen LogP contribution >= 0.6 is 0 Å². The highest BCUT2D eigenvalue weighted by molar-refractivity contribution is 5.95. The van der Waals surface area contributed by atoms with Crippen LogP contribution in [0, 0.1) is 5.82 Å². The molecule has 3 N–H and O–H groups in total. The normalized spacial score (nSPS) is 13.5. The summed E-state index contributed by atoms with van der Waals surface area (Å²) < 4.78 is 20.7. The number of halogens is 1. The van der Waals surface area contributed by atoms with Crippen molar-refractivity contribution in [1.82, 2.24) is 40.0 Å². The Balaban J connectivity index is 1.17. The molecule has 6 heterocycles. The molecule has 0 radical (unpaired) electrons. The van der Waals surface area contributed by atoms with Gasteiger partial charge in [0.1, 0.15) is 29.2 Å². The minimum Gasteiger partial charge on any atom is -0.492 e. The number of hydrogen-bond acceptors (Lipinski definition) is 8. The molecule has 0 saturated carbocycles. The molecule has 7 rings (SSSR count). The summed E-state index contributed by atoms with van der Waals surface area (Å²) in [5.74, 6) is 0.503. The summed E-state index contributed by atoms with van der Waals surface area (Å²) >= 11 is 0. The zero-order chi connectivity index (χ0) is 31.5. The van der Waals surface area contributed by atoms with Crippen molar-refractivity contribution < 1.29 is 13.9 Å². The molecule has 6 aromatic rings. The van der Waals surface area contributed by atoms with Gasteiger partial charge in [-0.1, -0.05) is 13.3 Å². The topological polar surface area (TPSA) is 138 Å². The van der Waals surface area contributed by atoms with Gasteiger partial charge in [-0.25, -0.2) is 14.4 Å². The van der Waals surface area contributed by atoms with Gasteiger partial charge in [0, 0.05) is 42.6 Å². The molecular weight excluding hydrogens is 585 g/mol. The highest BCUT2D eigenvalue weighted by Crippen LogP contribution is 2.32. The molecule has 46 heavy (non-hydrogen) atoms. The number of benzene rings is 1. The van der Waals surface area contributed by atoms with Gasteiger partial charge in [0.2, 0.25) is 5.91 Å². The number of rotatable bonds is 11. The maximum atomic E-state index is 14.8. The Hall–Kier alpha value is -5.23. The van der Waals surface area contributed by atoms with Gasteiger partial charge in [-0.3, -0.25) is 24.8 Å². The highest BCUT2D eigenvalue weighted by atomic mass is 19.1. The average molecular weight is 620 g/mol. The SMILES string of the molecule is CCCCC(=O)Nc1cncc(-c2ccc3[nH]nc(-c4nc5c(-c6cc(F)cc(OCCN7CCCC7)c6)nccc5[nH]4)c3n2)c1. The number of hydrogen-bond donors (Lipinski definition) is 3. The Bertz CT molecular complexity index is 2020. The van der Waals surface area contributed by atoms with Gasteiger partial charge in [0.25, 0.3) is 0 Å². The summed E-state index contributed by atoms with van der Waals surface area (Å²) in [5.41, 5.74) is 6.31. The Kier molecular flexibility index (Phi) is 8.34. The van der Waals surface area contributed by atoms with Crippen molar-refractivity contribution >= 4 is 33.7 Å². The van der Waals surface area contributed by atoms with Crippen molar-refractivity contribution in [2.75, 3.05) is 31.6 Å². The second-order valence-electron chi connectivity index (χ2n) is 11.5. The fourth-order valence-electron chi connectivity index (χ4n) is 5.77. The van der Waals surface area contributed by atoms with Crippen LogP contribution in [0.25, 0.3) is 56.1 Å². The number of anilines is 1. The van der Waals surface area contributed by atoms with Gasteiger partial charge in [-0.15, -0.1) is 0 Å². The van der Waals surface area contributed by atoms with E-state index in [2.05, 4.69) is 42.3 Å². The number of aromatic amines is 2. The first-order valence-electron chi connectivity index (χ1n) is 15.7. The first-order valence-corrected chi connectivity index (χ1v) is 15.7. The zero-order valence-electron chi connectivity index (χ0n) is 25.5. The standard InChI is InChI=1S/C34H34FN9O2/c1-2-3-6-29(45)38-24-16-22(19-36-20-24)26-7-8-28-32(39-26)33(43-42-28)34-40-27-9-10-37-30(31(27)41-34)21-15-23(35)18-25(17-21)46-14-13-44-11-4-5-12-44/h7-10,15-20H,2-6,11-14H2,1H3,(H,38,45)(H,40,41)(H,42,43). The van der Waals surface area contributed by atoms with Crippen molar-refractivity contribution in [1.29, 1.82) is 0 Å². The average Bonchev–Trinajstić information content (AvgIpc) is 3.83. The molecule has 234 valence electrons. The number of pyridine rings is 3. The first-order chi connectivity index (χ1) is 22.5. The van der Waals surface area contributed by atoms with E-state index in [1.54, 1.807) is 24.7 Å². The number of likely N-dealkylation sites (tertiary alicyclic amines) is 1. The van der Waals surface area contributed by atoms with E-state index in [9.17, 15) is 9.18 Å². The molecule has 0 aliphatic carbocycles. The number of aromatic nitrogens is 7. The number of imidazole rings is 1. The lowest BCUT2D eigenvalue weighted by Crippen LogP contribution is -2.25. The number of unbranched alkanes of at least 4 members (excludes halogenated alkanes) is 1. The van der Waals surface area contributed by atoms with E-state index >= 15 is 0 Å². The van der Waals surface area contributed by atoms with Crippen molar-refractivity contribution in [3.63, 3.8) is 0 Å². The molecule has 0 bridgehead atoms. The molecule has 1 aliphatic rings. The molecule has 1 aliphatic heterocycles. The van der Waals surface area contributed by atoms with Crippen LogP contribution < -0.4 is 10.1 Å². The molecular formula is C34H34FN9O2. The Labute approximate surface area is 264 Å². The lowest BCUT2D eigenvalue weighted by Gasteiger charge is -2.15. The lowest BCUT2D eigenvalue weighted by atomic mass is 10.1. The van der Waals surface area contributed by atoms with Crippen molar-refractivity contribution in [3.8, 4) is 39.8 Å². The van der Waals surface area contributed by atoms with E-state index in [1.807, 2.05) is 24.3 Å². The predicted molar refractivity (Wildman–Crippen MR) is 175 cm³/mol. The van der Waals surface area contributed by atoms with E-state index in [-0.39, 0.29) is 5.91 Å². The summed E-state index contributed by atoms with van der Waals surface area (Å²) in [6.07, 6.45) is 9.66. The third-order valence-corrected chi connectivity index (χ3v) is 8.13. The highest BCUT2D eigenvalue weighted by Gasteiger charge is 2.19. The van der Waals surface area contributed by atoms with Crippen molar-refractivity contribution in [2.24, 2.45) is 0 Å². The monoisotopic (exact) mass is 619 g/mol. The molecule has 1 saturated heterocycles. The second-order valence-corrected chi connectivity index (χ2v) is 11.5. The predicted octanol–water partition coefficient (Wildman–Crippen LogP) is 6.37. The van der Waals surface area contributed by atoms with Gasteiger partial charge < -0.3 is 15.0 Å². The fraction of sp³-hybridized carbons (Fsp3) is 0.294. The number of amides is 1. The van der Waals surface area contributed by atoms with Crippen LogP contribution in [0.4, 0.5) is 10.1 Å². The van der Waals surface area contributed by atoms with Crippen LogP contribution in [-0.2, 0) is 4.79 Å². The quantitative estimate of drug-likeness (QED) is 0.152. The van der Waals surface area contributed by atoms with E-state index < -0.39 is 5.82 Å². The smallest absolute Gasteiger partial charge is 0.224 e. The lowest BCUT2D eigenvalue weighted by molar-refractivity contribution is -0.116. The molecule has 0 spiro atoms. The summed E-state index contributed by atoms with van der Waals surface area (Å²) in [6, 6.07) is 12.1. The largest absolute Gasteiger partial charge is 0.492 e. The minimum atomic E-state index is -0.405. The van der Waals surface area contributed by atoms with Crippen LogP contribution in [-0.4, -0.2) is 72.2 Å². The molecule has 1 aromatic carbocycles. The number of nitrogens with zero attached hydrogens (tertiary/aromatic N) is 6. The molecule has 11 nitrogen and oxygen atoms in total. The third-order valence-electron chi connectivity index (χ3n) is 8.13. The van der Waals surface area contributed by atoms with E-state index in [4.69, 9.17) is 14.7 Å². The number of carbonyl (C=O) groups is 1. The van der Waals surface area contributed by atoms with Gasteiger partial charge >= 0.3 is 0 Å². The van der Waals surface area contributed by atoms with E-state index in [1.165, 1.54) is 25.0 Å². The first kappa shape index (κ1) is 29.5. The molecule has 1 amide bonds. The number of fused-ring (bicyclic) bond motifs is 2. The molecule has 1 fully saturated rings. The van der Waals surface area contributed by atoms with Gasteiger partial charge in [-0.2, -0.15) is 5.10 Å². The van der Waals surface area contributed by atoms with Gasteiger partial charge in [0.05, 0.1) is 34.3 Å². The number of ether oxygens (including phenoxy) is 1. The van der Waals surface area contributed by atoms with E-state index in [0.29, 0.717) is 64.0 Å². The fourth-order valence-corrected chi connectivity index (χ4v) is 5.77. The van der Waals surface area contributed by atoms with Crippen molar-refractivity contribution in [3.05, 3.63) is 66.9 Å². The summed E-state index contributed by atoms with van der Waals surface area (Å²) in [6.45, 7) is 5.51.